The van der Waals surface area contributed by atoms with E-state index in [9.17, 15) is 9.59 Å². The molecule has 0 bridgehead atoms. The van der Waals surface area contributed by atoms with Crippen molar-refractivity contribution in [3.05, 3.63) is 101 Å². The molecule has 2 heterocycles. The molecule has 0 unspecified atom stereocenters. The molecule has 1 aromatic heterocycles. The molecule has 1 N–H and O–H groups in total. The molecule has 2 amide bonds. The van der Waals surface area contributed by atoms with E-state index in [1.807, 2.05) is 67.6 Å². The first kappa shape index (κ1) is 21.5. The molecule has 0 fully saturated rings. The standard InChI is InChI=1S/C27H27N3O2/c1-18-8-10-19(11-9-18)23-24(29-21-14-12-20(13-15-21)27(2,3)4)26(32)30(25(23)31)17-22-7-5-6-16-28-22/h5-16,29H,17H2,1-4H3. The van der Waals surface area contributed by atoms with E-state index in [1.165, 1.54) is 10.5 Å². The van der Waals surface area contributed by atoms with Gasteiger partial charge in [0.25, 0.3) is 11.8 Å². The van der Waals surface area contributed by atoms with Gasteiger partial charge >= 0.3 is 0 Å². The molecule has 32 heavy (non-hydrogen) atoms. The number of amides is 2. The number of nitrogens with zero attached hydrogens (tertiary/aromatic N) is 2. The van der Waals surface area contributed by atoms with Gasteiger partial charge < -0.3 is 5.32 Å². The zero-order valence-corrected chi connectivity index (χ0v) is 18.8. The molecule has 5 nitrogen and oxygen atoms in total. The molecule has 0 aliphatic carbocycles. The number of rotatable bonds is 5. The van der Waals surface area contributed by atoms with Crippen molar-refractivity contribution in [1.82, 2.24) is 9.88 Å². The van der Waals surface area contributed by atoms with Gasteiger partial charge in [0, 0.05) is 11.9 Å². The van der Waals surface area contributed by atoms with E-state index in [2.05, 4.69) is 31.1 Å². The van der Waals surface area contributed by atoms with Gasteiger partial charge in [-0.3, -0.25) is 19.5 Å². The van der Waals surface area contributed by atoms with Crippen molar-refractivity contribution >= 4 is 23.1 Å². The van der Waals surface area contributed by atoms with E-state index < -0.39 is 0 Å². The highest BCUT2D eigenvalue weighted by Gasteiger charge is 2.39. The van der Waals surface area contributed by atoms with Crippen molar-refractivity contribution < 1.29 is 9.59 Å². The Hall–Kier alpha value is -3.73. The fourth-order valence-corrected chi connectivity index (χ4v) is 3.68. The van der Waals surface area contributed by atoms with Gasteiger partial charge in [-0.1, -0.05) is 68.8 Å². The SMILES string of the molecule is Cc1ccc(C2=C(Nc3ccc(C(C)(C)C)cc3)C(=O)N(Cc3ccccn3)C2=O)cc1. The quantitative estimate of drug-likeness (QED) is 0.579. The van der Waals surface area contributed by atoms with Crippen LogP contribution in [0, 0.1) is 6.92 Å². The molecule has 4 rings (SSSR count). The third-order valence-electron chi connectivity index (χ3n) is 5.57. The highest BCUT2D eigenvalue weighted by Crippen LogP contribution is 2.32. The summed E-state index contributed by atoms with van der Waals surface area (Å²) in [4.78, 5) is 32.3. The van der Waals surface area contributed by atoms with Crippen LogP contribution in [0.1, 0.15) is 43.2 Å². The predicted molar refractivity (Wildman–Crippen MR) is 127 cm³/mol. The maximum absolute atomic E-state index is 13.4. The fraction of sp³-hybridized carbons (Fsp3) is 0.222. The number of carbonyl (C=O) groups is 2. The molecular formula is C27H27N3O2. The van der Waals surface area contributed by atoms with Crippen molar-refractivity contribution in [2.24, 2.45) is 0 Å². The minimum atomic E-state index is -0.351. The summed E-state index contributed by atoms with van der Waals surface area (Å²) in [6.45, 7) is 8.58. The number of carbonyl (C=O) groups excluding carboxylic acids is 2. The van der Waals surface area contributed by atoms with Crippen molar-refractivity contribution in [1.29, 1.82) is 0 Å². The van der Waals surface area contributed by atoms with E-state index >= 15 is 0 Å². The Balaban J connectivity index is 1.71. The van der Waals surface area contributed by atoms with Crippen LogP contribution in [0.5, 0.6) is 0 Å². The van der Waals surface area contributed by atoms with Crippen LogP contribution in [0.4, 0.5) is 5.69 Å². The molecule has 0 saturated carbocycles. The van der Waals surface area contributed by atoms with E-state index in [-0.39, 0.29) is 23.8 Å². The van der Waals surface area contributed by atoms with Crippen LogP contribution >= 0.6 is 0 Å². The number of aromatic nitrogens is 1. The molecule has 2 aromatic carbocycles. The van der Waals surface area contributed by atoms with Gasteiger partial charge in [-0.05, 0) is 47.7 Å². The lowest BCUT2D eigenvalue weighted by Crippen LogP contribution is -2.32. The van der Waals surface area contributed by atoms with E-state index in [0.717, 1.165) is 11.3 Å². The highest BCUT2D eigenvalue weighted by atomic mass is 16.2. The maximum atomic E-state index is 13.4. The van der Waals surface area contributed by atoms with Gasteiger partial charge in [-0.15, -0.1) is 0 Å². The fourth-order valence-electron chi connectivity index (χ4n) is 3.68. The van der Waals surface area contributed by atoms with Crippen LogP contribution in [-0.4, -0.2) is 21.7 Å². The van der Waals surface area contributed by atoms with E-state index in [4.69, 9.17) is 0 Å². The third kappa shape index (κ3) is 4.33. The number of hydrogen-bond donors (Lipinski definition) is 1. The second-order valence-electron chi connectivity index (χ2n) is 9.09. The first-order valence-corrected chi connectivity index (χ1v) is 10.7. The van der Waals surface area contributed by atoms with Gasteiger partial charge in [0.05, 0.1) is 17.8 Å². The number of anilines is 1. The summed E-state index contributed by atoms with van der Waals surface area (Å²) < 4.78 is 0. The van der Waals surface area contributed by atoms with Gasteiger partial charge in [0.2, 0.25) is 0 Å². The number of hydrogen-bond acceptors (Lipinski definition) is 4. The molecule has 0 saturated heterocycles. The predicted octanol–water partition coefficient (Wildman–Crippen LogP) is 5.08. The number of imide groups is 1. The maximum Gasteiger partial charge on any atom is 0.278 e. The Morgan fingerprint density at radius 1 is 0.875 bits per heavy atom. The van der Waals surface area contributed by atoms with E-state index in [1.54, 1.807) is 12.3 Å². The Morgan fingerprint density at radius 3 is 2.16 bits per heavy atom. The van der Waals surface area contributed by atoms with Crippen LogP contribution in [0.2, 0.25) is 0 Å². The molecule has 0 spiro atoms. The van der Waals surface area contributed by atoms with Gasteiger partial charge in [-0.25, -0.2) is 0 Å². The molecule has 5 heteroatoms. The monoisotopic (exact) mass is 425 g/mol. The zero-order chi connectivity index (χ0) is 22.9. The van der Waals surface area contributed by atoms with Gasteiger partial charge in [-0.2, -0.15) is 0 Å². The lowest BCUT2D eigenvalue weighted by molar-refractivity contribution is -0.137. The van der Waals surface area contributed by atoms with Crippen molar-refractivity contribution in [2.75, 3.05) is 5.32 Å². The third-order valence-corrected chi connectivity index (χ3v) is 5.57. The normalized spacial score (nSPS) is 14.3. The second kappa shape index (κ2) is 8.42. The second-order valence-corrected chi connectivity index (χ2v) is 9.09. The lowest BCUT2D eigenvalue weighted by atomic mass is 9.87. The average molecular weight is 426 g/mol. The average Bonchev–Trinajstić information content (AvgIpc) is 2.99. The van der Waals surface area contributed by atoms with Crippen molar-refractivity contribution in [2.45, 2.75) is 39.7 Å². The van der Waals surface area contributed by atoms with Crippen LogP contribution < -0.4 is 5.32 Å². The van der Waals surface area contributed by atoms with E-state index in [0.29, 0.717) is 22.5 Å². The smallest absolute Gasteiger partial charge is 0.278 e. The summed E-state index contributed by atoms with van der Waals surface area (Å²) >= 11 is 0. The summed E-state index contributed by atoms with van der Waals surface area (Å²) in [5.74, 6) is -0.672. The van der Waals surface area contributed by atoms with Gasteiger partial charge in [0.15, 0.2) is 0 Å². The van der Waals surface area contributed by atoms with Crippen molar-refractivity contribution in [3.63, 3.8) is 0 Å². The summed E-state index contributed by atoms with van der Waals surface area (Å²) in [5.41, 5.74) is 5.12. The summed E-state index contributed by atoms with van der Waals surface area (Å²) in [7, 11) is 0. The van der Waals surface area contributed by atoms with Crippen molar-refractivity contribution in [3.8, 4) is 0 Å². The summed E-state index contributed by atoms with van der Waals surface area (Å²) in [5, 5.41) is 3.23. The Bertz CT molecular complexity index is 1170. The molecule has 3 aromatic rings. The highest BCUT2D eigenvalue weighted by molar-refractivity contribution is 6.36. The number of nitrogens with one attached hydrogen (secondary N) is 1. The zero-order valence-electron chi connectivity index (χ0n) is 18.8. The molecular weight excluding hydrogens is 398 g/mol. The summed E-state index contributed by atoms with van der Waals surface area (Å²) in [6, 6.07) is 21.1. The van der Waals surface area contributed by atoms with Gasteiger partial charge in [0.1, 0.15) is 5.70 Å². The minimum absolute atomic E-state index is 0.0312. The Morgan fingerprint density at radius 2 is 1.56 bits per heavy atom. The molecule has 162 valence electrons. The molecule has 1 aliphatic heterocycles. The largest absolute Gasteiger partial charge is 0.350 e. The van der Waals surface area contributed by atoms with Crippen LogP contribution in [0.15, 0.2) is 78.6 Å². The minimum Gasteiger partial charge on any atom is -0.350 e. The first-order chi connectivity index (χ1) is 15.2. The first-order valence-electron chi connectivity index (χ1n) is 10.7. The van der Waals surface area contributed by atoms with Crippen LogP contribution in [0.25, 0.3) is 5.57 Å². The Kier molecular flexibility index (Phi) is 5.66. The number of pyridine rings is 1. The summed E-state index contributed by atoms with van der Waals surface area (Å²) in [6.07, 6.45) is 1.66. The number of benzene rings is 2. The Labute approximate surface area is 188 Å². The topological polar surface area (TPSA) is 62.3 Å². The molecule has 1 aliphatic rings. The lowest BCUT2D eigenvalue weighted by Gasteiger charge is -2.19. The van der Waals surface area contributed by atoms with Crippen LogP contribution in [-0.2, 0) is 21.5 Å². The molecule has 0 atom stereocenters. The van der Waals surface area contributed by atoms with Crippen LogP contribution in [0.3, 0.4) is 0 Å². The molecule has 0 radical (unpaired) electrons. The number of aryl methyl sites for hydroxylation is 1.